The predicted octanol–water partition coefficient (Wildman–Crippen LogP) is 3.83. The number of aryl methyl sites for hydroxylation is 1. The Morgan fingerprint density at radius 3 is 2.48 bits per heavy atom. The molecule has 112 valence electrons. The van der Waals surface area contributed by atoms with Gasteiger partial charge in [0.25, 0.3) is 0 Å². The molecule has 1 N–H and O–H groups in total. The van der Waals surface area contributed by atoms with Gasteiger partial charge in [0, 0.05) is 12.1 Å². The summed E-state index contributed by atoms with van der Waals surface area (Å²) in [5.41, 5.74) is 2.25. The molecule has 0 fully saturated rings. The maximum absolute atomic E-state index is 6.08. The maximum Gasteiger partial charge on any atom is 0.138 e. The third-order valence-electron chi connectivity index (χ3n) is 3.03. The molecule has 0 radical (unpaired) electrons. The highest BCUT2D eigenvalue weighted by Gasteiger charge is 2.04. The van der Waals surface area contributed by atoms with Gasteiger partial charge in [0.05, 0.1) is 5.02 Å². The molecule has 0 spiro atoms. The van der Waals surface area contributed by atoms with Gasteiger partial charge in [-0.2, -0.15) is 0 Å². The van der Waals surface area contributed by atoms with Crippen LogP contribution < -0.4 is 14.8 Å². The minimum atomic E-state index is 0.455. The lowest BCUT2D eigenvalue weighted by Gasteiger charge is -2.12. The van der Waals surface area contributed by atoms with Gasteiger partial charge in [0.15, 0.2) is 0 Å². The lowest BCUT2D eigenvalue weighted by molar-refractivity contribution is 0.216. The molecule has 0 atom stereocenters. The Kier molecular flexibility index (Phi) is 5.90. The summed E-state index contributed by atoms with van der Waals surface area (Å²) in [6.45, 7) is 3.72. The average Bonchev–Trinajstić information content (AvgIpc) is 2.49. The van der Waals surface area contributed by atoms with Crippen molar-refractivity contribution >= 4 is 11.6 Å². The molecule has 0 saturated carbocycles. The van der Waals surface area contributed by atoms with Crippen molar-refractivity contribution in [3.63, 3.8) is 0 Å². The SMILES string of the molecule is CNCc1ccccc1OCCOc1cc(C)ccc1Cl. The molecule has 0 unspecified atom stereocenters. The van der Waals surface area contributed by atoms with E-state index in [2.05, 4.69) is 5.32 Å². The van der Waals surface area contributed by atoms with Crippen LogP contribution in [-0.2, 0) is 6.54 Å². The smallest absolute Gasteiger partial charge is 0.138 e. The first-order valence-corrected chi connectivity index (χ1v) is 7.33. The van der Waals surface area contributed by atoms with Gasteiger partial charge < -0.3 is 14.8 Å². The molecule has 0 aliphatic rings. The summed E-state index contributed by atoms with van der Waals surface area (Å²) in [5.74, 6) is 1.58. The Labute approximate surface area is 130 Å². The van der Waals surface area contributed by atoms with Crippen LogP contribution in [0.5, 0.6) is 11.5 Å². The second kappa shape index (κ2) is 7.91. The fourth-order valence-electron chi connectivity index (χ4n) is 2.01. The second-order valence-electron chi connectivity index (χ2n) is 4.77. The van der Waals surface area contributed by atoms with Crippen LogP contribution in [0.25, 0.3) is 0 Å². The minimum Gasteiger partial charge on any atom is -0.490 e. The zero-order valence-electron chi connectivity index (χ0n) is 12.4. The molecule has 0 amide bonds. The number of rotatable bonds is 7. The third-order valence-corrected chi connectivity index (χ3v) is 3.34. The average molecular weight is 306 g/mol. The van der Waals surface area contributed by atoms with E-state index >= 15 is 0 Å². The fraction of sp³-hybridized carbons (Fsp3) is 0.294. The van der Waals surface area contributed by atoms with E-state index in [9.17, 15) is 0 Å². The molecule has 2 rings (SSSR count). The van der Waals surface area contributed by atoms with E-state index in [1.165, 1.54) is 0 Å². The highest BCUT2D eigenvalue weighted by atomic mass is 35.5. The molecule has 0 aliphatic carbocycles. The van der Waals surface area contributed by atoms with Gasteiger partial charge in [-0.05, 0) is 37.7 Å². The number of benzene rings is 2. The highest BCUT2D eigenvalue weighted by Crippen LogP contribution is 2.25. The Bertz CT molecular complexity index is 587. The molecular formula is C17H20ClNO2. The van der Waals surface area contributed by atoms with Crippen molar-refractivity contribution in [3.05, 3.63) is 58.6 Å². The van der Waals surface area contributed by atoms with Crippen molar-refractivity contribution in [2.75, 3.05) is 20.3 Å². The van der Waals surface area contributed by atoms with Gasteiger partial charge in [-0.15, -0.1) is 0 Å². The van der Waals surface area contributed by atoms with Crippen molar-refractivity contribution in [2.45, 2.75) is 13.5 Å². The molecular weight excluding hydrogens is 286 g/mol. The van der Waals surface area contributed by atoms with Gasteiger partial charge in [-0.3, -0.25) is 0 Å². The number of para-hydroxylation sites is 1. The van der Waals surface area contributed by atoms with Crippen LogP contribution in [0.2, 0.25) is 5.02 Å². The largest absolute Gasteiger partial charge is 0.490 e. The Hall–Kier alpha value is -1.71. The summed E-state index contributed by atoms with van der Waals surface area (Å²) in [7, 11) is 1.92. The van der Waals surface area contributed by atoms with Crippen molar-refractivity contribution in [2.24, 2.45) is 0 Å². The summed E-state index contributed by atoms with van der Waals surface area (Å²) in [6.07, 6.45) is 0. The van der Waals surface area contributed by atoms with E-state index in [0.717, 1.165) is 23.4 Å². The molecule has 4 heteroatoms. The molecule has 0 heterocycles. The first-order valence-electron chi connectivity index (χ1n) is 6.95. The van der Waals surface area contributed by atoms with E-state index in [4.69, 9.17) is 21.1 Å². The third kappa shape index (κ3) is 4.66. The van der Waals surface area contributed by atoms with E-state index < -0.39 is 0 Å². The number of halogens is 1. The summed E-state index contributed by atoms with van der Waals surface area (Å²) >= 11 is 6.08. The second-order valence-corrected chi connectivity index (χ2v) is 5.18. The topological polar surface area (TPSA) is 30.5 Å². The van der Waals surface area contributed by atoms with Gasteiger partial charge in [-0.25, -0.2) is 0 Å². The first-order chi connectivity index (χ1) is 10.2. The van der Waals surface area contributed by atoms with E-state index in [1.807, 2.05) is 56.4 Å². The summed E-state index contributed by atoms with van der Waals surface area (Å²) in [6, 6.07) is 13.7. The van der Waals surface area contributed by atoms with Crippen LogP contribution in [-0.4, -0.2) is 20.3 Å². The molecule has 0 aliphatic heterocycles. The lowest BCUT2D eigenvalue weighted by Crippen LogP contribution is -2.12. The van der Waals surface area contributed by atoms with E-state index in [0.29, 0.717) is 24.0 Å². The minimum absolute atomic E-state index is 0.455. The zero-order valence-corrected chi connectivity index (χ0v) is 13.1. The van der Waals surface area contributed by atoms with Crippen molar-refractivity contribution in [1.82, 2.24) is 5.32 Å². The zero-order chi connectivity index (χ0) is 15.1. The van der Waals surface area contributed by atoms with Crippen LogP contribution in [0, 0.1) is 6.92 Å². The van der Waals surface area contributed by atoms with E-state index in [-0.39, 0.29) is 0 Å². The van der Waals surface area contributed by atoms with Gasteiger partial charge in [-0.1, -0.05) is 35.9 Å². The molecule has 2 aromatic rings. The standard InChI is InChI=1S/C17H20ClNO2/c1-13-7-8-15(18)17(11-13)21-10-9-20-16-6-4-3-5-14(16)12-19-2/h3-8,11,19H,9-10,12H2,1-2H3. The summed E-state index contributed by atoms with van der Waals surface area (Å²) in [5, 5.41) is 3.75. The van der Waals surface area contributed by atoms with Crippen molar-refractivity contribution < 1.29 is 9.47 Å². The number of nitrogens with one attached hydrogen (secondary N) is 1. The predicted molar refractivity (Wildman–Crippen MR) is 86.4 cm³/mol. The number of hydrogen-bond acceptors (Lipinski definition) is 3. The van der Waals surface area contributed by atoms with Crippen LogP contribution in [0.4, 0.5) is 0 Å². The molecule has 3 nitrogen and oxygen atoms in total. The first kappa shape index (κ1) is 15.7. The van der Waals surface area contributed by atoms with Gasteiger partial charge in [0.2, 0.25) is 0 Å². The maximum atomic E-state index is 6.08. The lowest BCUT2D eigenvalue weighted by atomic mass is 10.2. The normalized spacial score (nSPS) is 10.4. The van der Waals surface area contributed by atoms with Crippen molar-refractivity contribution in [1.29, 1.82) is 0 Å². The highest BCUT2D eigenvalue weighted by molar-refractivity contribution is 6.32. The van der Waals surface area contributed by atoms with Gasteiger partial charge in [0.1, 0.15) is 24.7 Å². The van der Waals surface area contributed by atoms with Crippen LogP contribution in [0.1, 0.15) is 11.1 Å². The Morgan fingerprint density at radius 1 is 1.00 bits per heavy atom. The molecule has 0 bridgehead atoms. The van der Waals surface area contributed by atoms with E-state index in [1.54, 1.807) is 0 Å². The van der Waals surface area contributed by atoms with Crippen LogP contribution >= 0.6 is 11.6 Å². The monoisotopic (exact) mass is 305 g/mol. The molecule has 0 aromatic heterocycles. The fourth-order valence-corrected chi connectivity index (χ4v) is 2.18. The van der Waals surface area contributed by atoms with Crippen LogP contribution in [0.3, 0.4) is 0 Å². The molecule has 21 heavy (non-hydrogen) atoms. The van der Waals surface area contributed by atoms with Crippen molar-refractivity contribution in [3.8, 4) is 11.5 Å². The Balaban J connectivity index is 1.86. The van der Waals surface area contributed by atoms with Gasteiger partial charge >= 0.3 is 0 Å². The summed E-state index contributed by atoms with van der Waals surface area (Å²) in [4.78, 5) is 0. The number of hydrogen-bond donors (Lipinski definition) is 1. The van der Waals surface area contributed by atoms with Crippen LogP contribution in [0.15, 0.2) is 42.5 Å². The molecule has 0 saturated heterocycles. The molecule has 2 aromatic carbocycles. The summed E-state index contributed by atoms with van der Waals surface area (Å²) < 4.78 is 11.4. The quantitative estimate of drug-likeness (QED) is 0.789. The number of ether oxygens (including phenoxy) is 2. The Morgan fingerprint density at radius 2 is 1.71 bits per heavy atom.